The summed E-state index contributed by atoms with van der Waals surface area (Å²) >= 11 is 0. The molecular weight excluding hydrogens is 476 g/mol. The highest BCUT2D eigenvalue weighted by atomic mass is 35.5. The highest BCUT2D eigenvalue weighted by Gasteiger charge is 2.73. The Labute approximate surface area is 218 Å². The van der Waals surface area contributed by atoms with Crippen LogP contribution in [0.25, 0.3) is 0 Å². The first kappa shape index (κ1) is 24.1. The fourth-order valence-corrected chi connectivity index (χ4v) is 8.14. The summed E-state index contributed by atoms with van der Waals surface area (Å²) in [5, 5.41) is 23.5. The molecule has 2 heterocycles. The van der Waals surface area contributed by atoms with Crippen molar-refractivity contribution in [2.45, 2.75) is 81.6 Å². The molecule has 2 N–H and O–H groups in total. The van der Waals surface area contributed by atoms with Crippen molar-refractivity contribution in [2.24, 2.45) is 5.92 Å². The molecule has 7 rings (SSSR count). The van der Waals surface area contributed by atoms with Crippen molar-refractivity contribution in [3.05, 3.63) is 53.1 Å². The molecule has 1 amide bonds. The molecule has 36 heavy (non-hydrogen) atoms. The molecule has 1 spiro atoms. The molecule has 0 unspecified atom stereocenters. The van der Waals surface area contributed by atoms with Crippen molar-refractivity contribution in [1.29, 1.82) is 0 Å². The summed E-state index contributed by atoms with van der Waals surface area (Å²) in [6.45, 7) is 5.62. The predicted octanol–water partition coefficient (Wildman–Crippen LogP) is 4.11. The lowest BCUT2D eigenvalue weighted by molar-refractivity contribution is -0.190. The topological polar surface area (TPSA) is 73.2 Å². The Bertz CT molecular complexity index is 1230. The summed E-state index contributed by atoms with van der Waals surface area (Å²) in [7, 11) is 0. The fourth-order valence-electron chi connectivity index (χ4n) is 8.14. The largest absolute Gasteiger partial charge is 0.504 e. The number of phenolic OH excluding ortho intramolecular Hbond substituents is 1. The van der Waals surface area contributed by atoms with Crippen molar-refractivity contribution in [3.63, 3.8) is 0 Å². The van der Waals surface area contributed by atoms with Crippen LogP contribution in [0.5, 0.6) is 11.5 Å². The third-order valence-corrected chi connectivity index (χ3v) is 9.78. The molecule has 2 bridgehead atoms. The predicted molar refractivity (Wildman–Crippen MR) is 140 cm³/mol. The summed E-state index contributed by atoms with van der Waals surface area (Å²) in [4.78, 5) is 17.6. The van der Waals surface area contributed by atoms with Crippen LogP contribution >= 0.6 is 12.4 Å². The number of hydrogen-bond donors (Lipinski definition) is 2. The third-order valence-electron chi connectivity index (χ3n) is 9.78. The van der Waals surface area contributed by atoms with Gasteiger partial charge in [-0.15, -0.1) is 12.4 Å². The molecule has 3 fully saturated rings. The van der Waals surface area contributed by atoms with E-state index in [-0.39, 0.29) is 36.1 Å². The van der Waals surface area contributed by atoms with Gasteiger partial charge in [0.1, 0.15) is 6.10 Å². The Hall–Kier alpha value is -2.28. The Morgan fingerprint density at radius 3 is 2.67 bits per heavy atom. The van der Waals surface area contributed by atoms with E-state index in [0.29, 0.717) is 18.6 Å². The van der Waals surface area contributed by atoms with Crippen LogP contribution in [0.1, 0.15) is 55.7 Å². The van der Waals surface area contributed by atoms with Gasteiger partial charge in [0, 0.05) is 30.8 Å². The monoisotopic (exact) mass is 510 g/mol. The maximum Gasteiger partial charge on any atom is 0.224 e. The number of ether oxygens (including phenoxy) is 1. The summed E-state index contributed by atoms with van der Waals surface area (Å²) in [5.41, 5.74) is 2.56. The average molecular weight is 511 g/mol. The summed E-state index contributed by atoms with van der Waals surface area (Å²) < 4.78 is 6.69. The minimum atomic E-state index is -0.943. The van der Waals surface area contributed by atoms with Crippen molar-refractivity contribution in [3.8, 4) is 11.5 Å². The first-order valence-electron chi connectivity index (χ1n) is 13.2. The van der Waals surface area contributed by atoms with Crippen LogP contribution in [-0.4, -0.2) is 57.9 Å². The van der Waals surface area contributed by atoms with Gasteiger partial charge in [-0.2, -0.15) is 0 Å². The number of aromatic hydroxyl groups is 1. The molecule has 5 atom stereocenters. The van der Waals surface area contributed by atoms with Crippen LogP contribution < -0.4 is 9.64 Å². The molecule has 6 nitrogen and oxygen atoms in total. The molecule has 2 aliphatic heterocycles. The van der Waals surface area contributed by atoms with Crippen LogP contribution in [0.15, 0.2) is 36.4 Å². The average Bonchev–Trinajstić information content (AvgIpc) is 3.57. The highest BCUT2D eigenvalue weighted by Crippen LogP contribution is 2.66. The Kier molecular flexibility index (Phi) is 5.42. The molecule has 0 aromatic heterocycles. The standard InChI is InChI=1S/C29H34N2O4.ClH/c1-17-5-3-4-6-21(17)31(18(2)32)22-11-12-29(34)24-15-20-9-10-23(33)26-25(20)28(29,27(22)35-26)13-14-30(24)16-19-7-8-19;/h3-6,9-10,19,22,24,27,33-34H,7-8,11-16H2,1-2H3;1H/t22-,24+,27-,28-,29+;/m0./s1. The van der Waals surface area contributed by atoms with E-state index < -0.39 is 17.1 Å². The number of benzene rings is 2. The zero-order chi connectivity index (χ0) is 24.1. The van der Waals surface area contributed by atoms with Gasteiger partial charge in [0.05, 0.1) is 17.1 Å². The number of para-hydroxylation sites is 1. The van der Waals surface area contributed by atoms with E-state index in [0.717, 1.165) is 48.7 Å². The normalized spacial score (nSPS) is 33.8. The van der Waals surface area contributed by atoms with Crippen LogP contribution in [-0.2, 0) is 16.6 Å². The number of carbonyl (C=O) groups is 1. The molecule has 2 aromatic rings. The number of aryl methyl sites for hydroxylation is 1. The fraction of sp³-hybridized carbons (Fsp3) is 0.552. The van der Waals surface area contributed by atoms with E-state index in [1.54, 1.807) is 13.0 Å². The number of halogens is 1. The van der Waals surface area contributed by atoms with E-state index in [4.69, 9.17) is 4.74 Å². The maximum absolute atomic E-state index is 13.2. The molecule has 1 saturated heterocycles. The van der Waals surface area contributed by atoms with Crippen molar-refractivity contribution in [2.75, 3.05) is 18.0 Å². The maximum atomic E-state index is 13.2. The van der Waals surface area contributed by atoms with Gasteiger partial charge in [-0.3, -0.25) is 9.69 Å². The number of amides is 1. The lowest BCUT2D eigenvalue weighted by Gasteiger charge is -2.64. The van der Waals surface area contributed by atoms with Crippen molar-refractivity contribution < 1.29 is 19.7 Å². The van der Waals surface area contributed by atoms with E-state index in [1.807, 2.05) is 42.2 Å². The van der Waals surface area contributed by atoms with E-state index in [2.05, 4.69) is 4.90 Å². The zero-order valence-electron chi connectivity index (χ0n) is 20.9. The van der Waals surface area contributed by atoms with E-state index in [1.165, 1.54) is 18.4 Å². The number of anilines is 1. The summed E-state index contributed by atoms with van der Waals surface area (Å²) in [6, 6.07) is 11.6. The van der Waals surface area contributed by atoms with Crippen molar-refractivity contribution in [1.82, 2.24) is 4.90 Å². The van der Waals surface area contributed by atoms with Gasteiger partial charge < -0.3 is 19.8 Å². The quantitative estimate of drug-likeness (QED) is 0.647. The SMILES string of the molecule is CC(=O)N(c1ccccc1C)[C@H]1CC[C@@]2(O)[C@H]3Cc4ccc(O)c5c4[C@@]2(CCN3CC2CC2)[C@H]1O5.Cl. The number of aliphatic hydroxyl groups is 1. The first-order chi connectivity index (χ1) is 16.8. The number of likely N-dealkylation sites (tertiary alicyclic amines) is 1. The smallest absolute Gasteiger partial charge is 0.224 e. The second-order valence-electron chi connectivity index (χ2n) is 11.6. The number of hydrogen-bond acceptors (Lipinski definition) is 5. The minimum absolute atomic E-state index is 0. The second-order valence-corrected chi connectivity index (χ2v) is 11.6. The molecule has 0 radical (unpaired) electrons. The number of nitrogens with zero attached hydrogens (tertiary/aromatic N) is 2. The van der Waals surface area contributed by atoms with Gasteiger partial charge in [0.2, 0.25) is 5.91 Å². The molecule has 5 aliphatic rings. The molecule has 192 valence electrons. The van der Waals surface area contributed by atoms with Crippen LogP contribution in [0, 0.1) is 12.8 Å². The number of phenols is 1. The Balaban J connectivity index is 0.00000240. The van der Waals surface area contributed by atoms with E-state index >= 15 is 0 Å². The van der Waals surface area contributed by atoms with Gasteiger partial charge in [0.15, 0.2) is 11.5 Å². The van der Waals surface area contributed by atoms with Crippen molar-refractivity contribution >= 4 is 24.0 Å². The first-order valence-corrected chi connectivity index (χ1v) is 13.2. The highest BCUT2D eigenvalue weighted by molar-refractivity contribution is 5.93. The van der Waals surface area contributed by atoms with Crippen LogP contribution in [0.2, 0.25) is 0 Å². The van der Waals surface area contributed by atoms with Gasteiger partial charge in [-0.25, -0.2) is 0 Å². The zero-order valence-corrected chi connectivity index (χ0v) is 21.8. The number of piperidine rings is 1. The number of rotatable bonds is 4. The second kappa shape index (κ2) is 8.11. The lowest BCUT2D eigenvalue weighted by Crippen LogP contribution is -2.78. The van der Waals surface area contributed by atoms with Gasteiger partial charge in [0.25, 0.3) is 0 Å². The summed E-state index contributed by atoms with van der Waals surface area (Å²) in [5.74, 6) is 1.40. The van der Waals surface area contributed by atoms with Gasteiger partial charge in [-0.1, -0.05) is 24.3 Å². The molecule has 2 saturated carbocycles. The summed E-state index contributed by atoms with van der Waals surface area (Å²) in [6.07, 6.45) is 5.01. The van der Waals surface area contributed by atoms with Gasteiger partial charge in [-0.05, 0) is 81.2 Å². The molecule has 3 aliphatic carbocycles. The molecule has 2 aromatic carbocycles. The number of carbonyl (C=O) groups excluding carboxylic acids is 1. The molecular formula is C29H35ClN2O4. The Morgan fingerprint density at radius 2 is 1.94 bits per heavy atom. The van der Waals surface area contributed by atoms with Gasteiger partial charge >= 0.3 is 0 Å². The van der Waals surface area contributed by atoms with Crippen LogP contribution in [0.3, 0.4) is 0 Å². The van der Waals surface area contributed by atoms with E-state index in [9.17, 15) is 15.0 Å². The van der Waals surface area contributed by atoms with Crippen LogP contribution in [0.4, 0.5) is 5.69 Å². The third kappa shape index (κ3) is 3.01. The molecule has 7 heteroatoms. The minimum Gasteiger partial charge on any atom is -0.504 e. The lowest BCUT2D eigenvalue weighted by atomic mass is 9.48. The Morgan fingerprint density at radius 1 is 1.17 bits per heavy atom.